The van der Waals surface area contributed by atoms with Gasteiger partial charge in [-0.25, -0.2) is 4.79 Å². The fourth-order valence-electron chi connectivity index (χ4n) is 12.0. The van der Waals surface area contributed by atoms with Gasteiger partial charge in [-0.15, -0.1) is 5.10 Å². The third kappa shape index (κ3) is 21.5. The van der Waals surface area contributed by atoms with Crippen LogP contribution >= 0.6 is 11.8 Å². The highest BCUT2D eigenvalue weighted by Crippen LogP contribution is 2.33. The van der Waals surface area contributed by atoms with Gasteiger partial charge in [-0.3, -0.25) is 52.6 Å². The first-order valence-electron chi connectivity index (χ1n) is 32.3. The summed E-state index contributed by atoms with van der Waals surface area (Å²) in [6.07, 6.45) is 8.10. The maximum absolute atomic E-state index is 15.0. The monoisotopic (exact) mass is 1320 g/mol. The van der Waals surface area contributed by atoms with Crippen molar-refractivity contribution in [1.82, 2.24) is 62.2 Å². The SMILES string of the molecule is CC(C)[C@@H]1NC(=O)[C@@H](Cc2c[nH]c3ccccc23)NC(=O)[C@@H](CC(N)=O)CC(=O)[C@@H](Cc2c[nH]c3ccccc23)NC(=O)[C@@H](CC(=O)COCCOCCOCCCC(=O)CCCC[C@H]2SC[C@H]3NC(=O)N[C@H]32)Cc2cn(nn2)CCCC[C@@H](C(N)=O)NC(=O)CNC1=O. The number of benzene rings is 2. The van der Waals surface area contributed by atoms with Crippen LogP contribution in [0.25, 0.3) is 21.8 Å². The second-order valence-electron chi connectivity index (χ2n) is 24.7. The zero-order valence-corrected chi connectivity index (χ0v) is 54.0. The van der Waals surface area contributed by atoms with Gasteiger partial charge in [0.1, 0.15) is 30.5 Å². The average Bonchev–Trinajstić information content (AvgIpc) is 1.67. The summed E-state index contributed by atoms with van der Waals surface area (Å²) in [5.41, 5.74) is 14.5. The van der Waals surface area contributed by atoms with E-state index in [4.69, 9.17) is 25.7 Å². The number of urea groups is 1. The van der Waals surface area contributed by atoms with Gasteiger partial charge in [-0.2, -0.15) is 11.8 Å². The zero-order chi connectivity index (χ0) is 67.1. The molecule has 508 valence electrons. The van der Waals surface area contributed by atoms with Gasteiger partial charge >= 0.3 is 6.03 Å². The Morgan fingerprint density at radius 2 is 1.31 bits per heavy atom. The number of fused-ring (bicyclic) bond motifs is 5. The lowest BCUT2D eigenvalue weighted by Gasteiger charge is -2.27. The molecule has 3 aliphatic rings. The summed E-state index contributed by atoms with van der Waals surface area (Å²) in [6, 6.07) is 9.65. The van der Waals surface area contributed by atoms with Crippen LogP contribution in [-0.2, 0) is 88.0 Å². The normalized spacial score (nSPS) is 23.1. The predicted octanol–water partition coefficient (Wildman–Crippen LogP) is 1.80. The van der Waals surface area contributed by atoms with E-state index in [-0.39, 0.29) is 95.6 Å². The van der Waals surface area contributed by atoms with E-state index in [1.165, 1.54) is 4.68 Å². The number of unbranched alkanes of at least 4 members (excludes halogenated alkanes) is 1. The minimum Gasteiger partial charge on any atom is -0.379 e. The lowest BCUT2D eigenvalue weighted by atomic mass is 9.90. The molecule has 29 heteroatoms. The van der Waals surface area contributed by atoms with Crippen molar-refractivity contribution >= 4 is 98.3 Å². The number of Topliss-reactive ketones (excluding diaryl/α,β-unsaturated/α-hetero) is 3. The smallest absolute Gasteiger partial charge is 0.315 e. The number of nitrogens with two attached hydrogens (primary N) is 2. The Hall–Kier alpha value is -8.54. The van der Waals surface area contributed by atoms with E-state index in [2.05, 4.69) is 57.5 Å². The quantitative estimate of drug-likeness (QED) is 0.0264. The van der Waals surface area contributed by atoms with E-state index in [0.29, 0.717) is 60.8 Å². The van der Waals surface area contributed by atoms with Crippen LogP contribution in [0.15, 0.2) is 67.1 Å². The topological polar surface area (TPSA) is 414 Å². The molecule has 94 heavy (non-hydrogen) atoms. The van der Waals surface area contributed by atoms with Crippen molar-refractivity contribution in [3.05, 3.63) is 83.9 Å². The van der Waals surface area contributed by atoms with Gasteiger partial charge in [0.05, 0.1) is 68.6 Å². The Kier molecular flexibility index (Phi) is 27.0. The number of aromatic nitrogens is 5. The van der Waals surface area contributed by atoms with E-state index < -0.39 is 114 Å². The molecule has 0 radical (unpaired) electrons. The van der Waals surface area contributed by atoms with E-state index in [0.717, 1.165) is 46.8 Å². The number of hydrogen-bond acceptors (Lipinski definition) is 17. The molecule has 0 unspecified atom stereocenters. The summed E-state index contributed by atoms with van der Waals surface area (Å²) < 4.78 is 18.5. The highest BCUT2D eigenvalue weighted by atomic mass is 32.2. The van der Waals surface area contributed by atoms with Crippen LogP contribution in [-0.4, -0.2) is 183 Å². The molecular weight excluding hydrogens is 1230 g/mol. The Morgan fingerprint density at radius 1 is 0.670 bits per heavy atom. The minimum atomic E-state index is -1.48. The van der Waals surface area contributed by atoms with Crippen molar-refractivity contribution in [3.8, 4) is 0 Å². The fourth-order valence-corrected chi connectivity index (χ4v) is 13.5. The summed E-state index contributed by atoms with van der Waals surface area (Å²) in [5, 5.41) is 29.8. The predicted molar refractivity (Wildman–Crippen MR) is 347 cm³/mol. The van der Waals surface area contributed by atoms with Gasteiger partial charge in [-0.05, 0) is 67.7 Å². The number of carbonyl (C=O) groups is 11. The first-order chi connectivity index (χ1) is 45.3. The molecular formula is C65H88N14O14S. The Bertz CT molecular complexity index is 3460. The largest absolute Gasteiger partial charge is 0.379 e. The van der Waals surface area contributed by atoms with Crippen molar-refractivity contribution in [2.45, 2.75) is 158 Å². The van der Waals surface area contributed by atoms with Crippen LogP contribution in [0.4, 0.5) is 4.79 Å². The number of nitrogens with zero attached hydrogens (tertiary/aromatic N) is 3. The fraction of sp³-hybridized carbons (Fsp3) is 0.554. The highest BCUT2D eigenvalue weighted by molar-refractivity contribution is 8.00. The highest BCUT2D eigenvalue weighted by Gasteiger charge is 2.43. The van der Waals surface area contributed by atoms with Crippen LogP contribution in [0.1, 0.15) is 108 Å². The third-order valence-corrected chi connectivity index (χ3v) is 18.6. The van der Waals surface area contributed by atoms with E-state index in [1.54, 1.807) is 38.5 Å². The number of ketones is 3. The first kappa shape index (κ1) is 71.3. The Morgan fingerprint density at radius 3 is 1.99 bits per heavy atom. The van der Waals surface area contributed by atoms with Gasteiger partial charge in [0, 0.05) is 116 Å². The molecule has 3 aliphatic heterocycles. The van der Waals surface area contributed by atoms with Crippen LogP contribution in [0, 0.1) is 17.8 Å². The number of primary amides is 2. The summed E-state index contributed by atoms with van der Waals surface area (Å²) in [4.78, 5) is 156. The number of aryl methyl sites for hydroxylation is 1. The summed E-state index contributed by atoms with van der Waals surface area (Å²) >= 11 is 1.86. The number of hydrogen-bond donors (Lipinski definition) is 11. The molecule has 2 aromatic carbocycles. The molecule has 0 spiro atoms. The maximum atomic E-state index is 15.0. The summed E-state index contributed by atoms with van der Waals surface area (Å²) in [7, 11) is 0. The first-order valence-corrected chi connectivity index (χ1v) is 33.4. The summed E-state index contributed by atoms with van der Waals surface area (Å²) in [5.74, 6) is -8.89. The zero-order valence-electron chi connectivity index (χ0n) is 53.2. The van der Waals surface area contributed by atoms with Crippen LogP contribution in [0.5, 0.6) is 0 Å². The minimum absolute atomic E-state index is 0.0369. The second kappa shape index (κ2) is 35.7. The molecule has 6 heterocycles. The molecule has 9 amide bonds. The van der Waals surface area contributed by atoms with E-state index >= 15 is 4.79 Å². The van der Waals surface area contributed by atoms with E-state index in [1.807, 2.05) is 54.2 Å². The standard InChI is InChI=1S/C65H88N14O14S/c1-38(2)58-64(89)70-34-57(84)71-50(60(67)85)18-9-10-20-79-35-43(77-78-79)26-39(27-45(81)36-93-25-24-92-23-22-91-21-11-13-44(80)12-3-8-19-55-59-53(37-94-55)74-65(90)76-59)61(86)72-51(28-41-32-68-48-16-6-4-14-46(41)48)54(82)30-40(31-56(66)83)62(87)73-52(63(88)75-58)29-42-33-69-49-17-7-5-15-47(42)49/h4-7,14-17,32-33,35,38-40,50-53,55,58-59,68-69H,3,8-13,18-31,34,36-37H2,1-2H3,(H2,66,83)(H2,67,85)(H,70,89)(H,71,84)(H,72,86)(H,73,87)(H,75,88)(H2,74,76,90)/t39-,40-,50+,51-,52-,53-,55-,58+,59-/m1/s1. The van der Waals surface area contributed by atoms with Crippen molar-refractivity contribution in [2.24, 2.45) is 29.2 Å². The summed E-state index contributed by atoms with van der Waals surface area (Å²) in [6.45, 7) is 3.74. The number of aromatic amines is 2. The number of amides is 9. The Labute approximate surface area is 548 Å². The van der Waals surface area contributed by atoms with Gasteiger partial charge in [0.25, 0.3) is 0 Å². The molecule has 9 atom stereocenters. The number of thioether (sulfide) groups is 1. The van der Waals surface area contributed by atoms with Crippen molar-refractivity contribution in [1.29, 1.82) is 0 Å². The van der Waals surface area contributed by atoms with Crippen LogP contribution in [0.2, 0.25) is 0 Å². The molecule has 2 fully saturated rings. The van der Waals surface area contributed by atoms with Gasteiger partial charge in [-0.1, -0.05) is 61.9 Å². The number of rotatable bonds is 27. The molecule has 2 bridgehead atoms. The van der Waals surface area contributed by atoms with Gasteiger partial charge in [0.15, 0.2) is 11.6 Å². The molecule has 2 saturated heterocycles. The number of H-pyrrole nitrogens is 2. The Balaban J connectivity index is 0.933. The number of carbonyl (C=O) groups excluding carboxylic acids is 11. The molecule has 0 saturated carbocycles. The second-order valence-corrected chi connectivity index (χ2v) is 25.9. The van der Waals surface area contributed by atoms with Crippen LogP contribution < -0.4 is 48.7 Å². The molecule has 0 aliphatic carbocycles. The number of ether oxygens (including phenoxy) is 3. The lowest BCUT2D eigenvalue weighted by Crippen LogP contribution is -2.57. The van der Waals surface area contributed by atoms with E-state index in [9.17, 15) is 47.9 Å². The lowest BCUT2D eigenvalue weighted by molar-refractivity contribution is -0.137. The van der Waals surface area contributed by atoms with Crippen molar-refractivity contribution in [3.63, 3.8) is 0 Å². The van der Waals surface area contributed by atoms with Gasteiger partial charge in [0.2, 0.25) is 41.4 Å². The number of nitrogens with one attached hydrogen (secondary N) is 9. The third-order valence-electron chi connectivity index (χ3n) is 17.1. The molecule has 13 N–H and O–H groups in total. The van der Waals surface area contributed by atoms with Crippen molar-refractivity contribution < 1.29 is 67.0 Å². The van der Waals surface area contributed by atoms with Crippen LogP contribution in [0.3, 0.4) is 0 Å². The molecule has 28 nitrogen and oxygen atoms in total. The molecule has 8 rings (SSSR count). The average molecular weight is 1320 g/mol. The van der Waals surface area contributed by atoms with Crippen molar-refractivity contribution in [2.75, 3.05) is 51.9 Å². The van der Waals surface area contributed by atoms with Gasteiger partial charge < -0.3 is 72.9 Å². The maximum Gasteiger partial charge on any atom is 0.315 e. The number of para-hydroxylation sites is 2. The molecule has 5 aromatic rings. The molecule has 3 aromatic heterocycles.